The lowest BCUT2D eigenvalue weighted by atomic mass is 9.85. The Hall–Kier alpha value is -2.85. The lowest BCUT2D eigenvalue weighted by Gasteiger charge is -2.32. The molecule has 9 nitrogen and oxygen atoms in total. The first-order valence-corrected chi connectivity index (χ1v) is 9.26. The molecule has 30 heavy (non-hydrogen) atoms. The van der Waals surface area contributed by atoms with Crippen LogP contribution in [-0.2, 0) is 19.1 Å². The number of Topliss-reactive ketones (excluding diaryl/α,β-unsaturated/α-hetero) is 2. The van der Waals surface area contributed by atoms with E-state index in [-0.39, 0.29) is 16.9 Å². The summed E-state index contributed by atoms with van der Waals surface area (Å²) in [4.78, 5) is 39.0. The maximum Gasteiger partial charge on any atom is 0.278 e. The number of allylic oxidation sites excluding steroid dienone is 1. The van der Waals surface area contributed by atoms with Crippen LogP contribution >= 0.6 is 0 Å². The Morgan fingerprint density at radius 1 is 1.27 bits per heavy atom. The summed E-state index contributed by atoms with van der Waals surface area (Å²) in [6.45, 7) is 2.92. The number of amides is 1. The average Bonchev–Trinajstić information content (AvgIpc) is 3.15. The Balaban J connectivity index is 2.02. The summed E-state index contributed by atoms with van der Waals surface area (Å²) in [5.41, 5.74) is -4.83. The molecule has 0 radical (unpaired) electrons. The average molecular weight is 417 g/mol. The molecule has 1 aromatic rings. The van der Waals surface area contributed by atoms with Crippen LogP contribution in [0.4, 0.5) is 0 Å². The van der Waals surface area contributed by atoms with E-state index in [1.165, 1.54) is 31.2 Å². The van der Waals surface area contributed by atoms with Gasteiger partial charge in [-0.25, -0.2) is 0 Å². The lowest BCUT2D eigenvalue weighted by molar-refractivity contribution is -0.163. The smallest absolute Gasteiger partial charge is 0.278 e. The minimum Gasteiger partial charge on any atom is -0.467 e. The number of hydrogen-bond donors (Lipinski definition) is 4. The number of carbonyl (C=O) groups is 3. The Bertz CT molecular complexity index is 940. The van der Waals surface area contributed by atoms with E-state index >= 15 is 0 Å². The predicted octanol–water partition coefficient (Wildman–Crippen LogP) is -0.387. The zero-order valence-electron chi connectivity index (χ0n) is 16.7. The molecule has 2 heterocycles. The van der Waals surface area contributed by atoms with Crippen molar-refractivity contribution in [3.05, 3.63) is 59.4 Å². The van der Waals surface area contributed by atoms with Gasteiger partial charge in [0.15, 0.2) is 6.10 Å². The van der Waals surface area contributed by atoms with Crippen LogP contribution in [-0.4, -0.2) is 69.5 Å². The van der Waals surface area contributed by atoms with Crippen molar-refractivity contribution >= 4 is 17.5 Å². The summed E-state index contributed by atoms with van der Waals surface area (Å²) >= 11 is 0. The van der Waals surface area contributed by atoms with Crippen LogP contribution in [0.2, 0.25) is 0 Å². The summed E-state index contributed by atoms with van der Waals surface area (Å²) in [5.74, 6) is -3.17. The third-order valence-electron chi connectivity index (χ3n) is 5.40. The number of aliphatic hydroxyl groups is 3. The van der Waals surface area contributed by atoms with Gasteiger partial charge >= 0.3 is 0 Å². The molecule has 3 rings (SSSR count). The Morgan fingerprint density at radius 3 is 2.47 bits per heavy atom. The molecule has 0 aromatic heterocycles. The van der Waals surface area contributed by atoms with Gasteiger partial charge in [-0.3, -0.25) is 14.4 Å². The van der Waals surface area contributed by atoms with E-state index in [2.05, 4.69) is 5.32 Å². The molecular formula is C21H23NO8. The van der Waals surface area contributed by atoms with Crippen molar-refractivity contribution < 1.29 is 39.2 Å². The summed E-state index contributed by atoms with van der Waals surface area (Å²) in [6.07, 6.45) is -2.38. The van der Waals surface area contributed by atoms with E-state index in [1.54, 1.807) is 25.1 Å². The molecule has 1 fully saturated rings. The number of nitrogens with one attached hydrogen (secondary N) is 1. The van der Waals surface area contributed by atoms with Gasteiger partial charge in [-0.2, -0.15) is 0 Å². The summed E-state index contributed by atoms with van der Waals surface area (Å²) in [7, 11) is 1.11. The van der Waals surface area contributed by atoms with Crippen molar-refractivity contribution in [2.75, 3.05) is 7.11 Å². The Labute approximate surface area is 172 Å². The molecule has 1 aromatic carbocycles. The standard InChI is InChI=1S/C21H23NO8/c1-4-8-13(23)14(24)15-11(2)16(25)20(30-15)18(27)21(29-3,22-19(20)28)17(26)12-9-6-5-7-10-12/h4-10,13-14,18,23-24,27H,1-3H3,(H,22,28)/b8-4-/t13-,14-,18+,20+,21+/m1/s1. The zero-order valence-corrected chi connectivity index (χ0v) is 16.7. The molecule has 4 N–H and O–H groups in total. The molecule has 2 aliphatic rings. The van der Waals surface area contributed by atoms with Crippen molar-refractivity contribution in [1.29, 1.82) is 0 Å². The number of carbonyl (C=O) groups excluding carboxylic acids is 3. The first kappa shape index (κ1) is 21.8. The normalized spacial score (nSPS) is 30.7. The van der Waals surface area contributed by atoms with Crippen molar-refractivity contribution in [2.45, 2.75) is 43.5 Å². The fourth-order valence-electron chi connectivity index (χ4n) is 3.74. The van der Waals surface area contributed by atoms with Gasteiger partial charge in [-0.1, -0.05) is 42.5 Å². The highest BCUT2D eigenvalue weighted by Gasteiger charge is 2.74. The minimum atomic E-state index is -2.53. The molecule has 5 atom stereocenters. The summed E-state index contributed by atoms with van der Waals surface area (Å²) < 4.78 is 10.8. The second kappa shape index (κ2) is 7.77. The highest BCUT2D eigenvalue weighted by atomic mass is 16.6. The van der Waals surface area contributed by atoms with Crippen LogP contribution in [0.1, 0.15) is 24.2 Å². The molecule has 0 saturated carbocycles. The number of benzene rings is 1. The molecule has 1 saturated heterocycles. The molecule has 160 valence electrons. The predicted molar refractivity (Wildman–Crippen MR) is 103 cm³/mol. The van der Waals surface area contributed by atoms with Crippen molar-refractivity contribution in [3.8, 4) is 0 Å². The fourth-order valence-corrected chi connectivity index (χ4v) is 3.74. The third kappa shape index (κ3) is 2.90. The monoisotopic (exact) mass is 417 g/mol. The molecule has 1 amide bonds. The minimum absolute atomic E-state index is 0.134. The van der Waals surface area contributed by atoms with E-state index in [0.29, 0.717) is 0 Å². The van der Waals surface area contributed by atoms with Crippen LogP contribution in [0.15, 0.2) is 53.8 Å². The number of rotatable bonds is 6. The summed E-state index contributed by atoms with van der Waals surface area (Å²) in [5, 5.41) is 33.7. The van der Waals surface area contributed by atoms with Gasteiger partial charge in [-0.15, -0.1) is 0 Å². The van der Waals surface area contributed by atoms with Gasteiger partial charge in [0.05, 0.1) is 0 Å². The largest absolute Gasteiger partial charge is 0.467 e. The zero-order chi connectivity index (χ0) is 22.3. The third-order valence-corrected chi connectivity index (χ3v) is 5.40. The fraction of sp³-hybridized carbons (Fsp3) is 0.381. The maximum absolute atomic E-state index is 13.1. The first-order valence-electron chi connectivity index (χ1n) is 9.26. The molecule has 2 aliphatic heterocycles. The van der Waals surface area contributed by atoms with E-state index in [9.17, 15) is 29.7 Å². The highest BCUT2D eigenvalue weighted by Crippen LogP contribution is 2.44. The van der Waals surface area contributed by atoms with E-state index in [4.69, 9.17) is 9.47 Å². The molecule has 0 bridgehead atoms. The van der Waals surface area contributed by atoms with E-state index < -0.39 is 47.1 Å². The number of methoxy groups -OCH3 is 1. The second-order valence-corrected chi connectivity index (χ2v) is 7.11. The van der Waals surface area contributed by atoms with Crippen LogP contribution < -0.4 is 5.32 Å². The van der Waals surface area contributed by atoms with Gasteiger partial charge in [0.2, 0.25) is 17.3 Å². The van der Waals surface area contributed by atoms with Gasteiger partial charge in [0, 0.05) is 18.2 Å². The lowest BCUT2D eigenvalue weighted by Crippen LogP contribution is -2.60. The van der Waals surface area contributed by atoms with Gasteiger partial charge in [0.1, 0.15) is 18.0 Å². The van der Waals surface area contributed by atoms with Crippen LogP contribution in [0.5, 0.6) is 0 Å². The molecular weight excluding hydrogens is 394 g/mol. The van der Waals surface area contributed by atoms with Crippen molar-refractivity contribution in [1.82, 2.24) is 5.32 Å². The Morgan fingerprint density at radius 2 is 1.90 bits per heavy atom. The number of ether oxygens (including phenoxy) is 2. The number of aliphatic hydroxyl groups excluding tert-OH is 3. The van der Waals surface area contributed by atoms with Gasteiger partial charge in [-0.05, 0) is 13.8 Å². The van der Waals surface area contributed by atoms with Crippen molar-refractivity contribution in [3.63, 3.8) is 0 Å². The van der Waals surface area contributed by atoms with Gasteiger partial charge in [0.25, 0.3) is 11.5 Å². The Kier molecular flexibility index (Phi) is 5.66. The molecule has 1 spiro atoms. The van der Waals surface area contributed by atoms with Crippen LogP contribution in [0.3, 0.4) is 0 Å². The second-order valence-electron chi connectivity index (χ2n) is 7.11. The van der Waals surface area contributed by atoms with Crippen LogP contribution in [0, 0.1) is 0 Å². The molecule has 0 aliphatic carbocycles. The van der Waals surface area contributed by atoms with E-state index in [0.717, 1.165) is 7.11 Å². The highest BCUT2D eigenvalue weighted by molar-refractivity contribution is 6.23. The quantitative estimate of drug-likeness (QED) is 0.279. The maximum atomic E-state index is 13.1. The topological polar surface area (TPSA) is 142 Å². The number of hydrogen-bond acceptors (Lipinski definition) is 8. The summed E-state index contributed by atoms with van der Waals surface area (Å²) in [6, 6.07) is 7.81. The molecule has 9 heteroatoms. The van der Waals surface area contributed by atoms with Gasteiger partial charge < -0.3 is 30.1 Å². The number of ketones is 2. The SMILES string of the molecule is C/C=C\[C@@H](O)[C@@H](O)C1=C(C)C(=O)[C@@]2(O1)C(=O)N[C@](OC)(C(=O)c1ccccc1)[C@H]2O. The van der Waals surface area contributed by atoms with E-state index in [1.807, 2.05) is 0 Å². The first-order chi connectivity index (χ1) is 14.2. The van der Waals surface area contributed by atoms with Crippen LogP contribution in [0.25, 0.3) is 0 Å². The van der Waals surface area contributed by atoms with Crippen molar-refractivity contribution in [2.24, 2.45) is 0 Å². The molecule has 0 unspecified atom stereocenters.